The molecule has 0 aromatic heterocycles. The fourth-order valence-electron chi connectivity index (χ4n) is 10.1. The second-order valence-electron chi connectivity index (χ2n) is 15.3. The average Bonchev–Trinajstić information content (AvgIpc) is 4.02. The first-order chi connectivity index (χ1) is 23.7. The zero-order valence-electron chi connectivity index (χ0n) is 28.7. The average molecular weight is 724 g/mol. The highest BCUT2D eigenvalue weighted by molar-refractivity contribution is 8.77. The van der Waals surface area contributed by atoms with Crippen molar-refractivity contribution in [3.05, 3.63) is 11.1 Å². The highest BCUT2D eigenvalue weighted by Gasteiger charge is 3.01. The van der Waals surface area contributed by atoms with Crippen molar-refractivity contribution in [1.29, 1.82) is 0 Å². The van der Waals surface area contributed by atoms with E-state index in [0.717, 1.165) is 42.1 Å². The van der Waals surface area contributed by atoms with Gasteiger partial charge in [-0.25, -0.2) is 9.59 Å². The van der Waals surface area contributed by atoms with Crippen LogP contribution in [0, 0.1) is 17.3 Å². The Labute approximate surface area is 295 Å². The lowest BCUT2D eigenvalue weighted by molar-refractivity contribution is -0.136. The molecule has 1 unspecified atom stereocenters. The van der Waals surface area contributed by atoms with Crippen molar-refractivity contribution in [2.75, 3.05) is 51.9 Å². The number of cyclic esters (lactones) is 1. The van der Waals surface area contributed by atoms with E-state index in [2.05, 4.69) is 26.1 Å². The topological polar surface area (TPSA) is 147 Å². The summed E-state index contributed by atoms with van der Waals surface area (Å²) in [5, 5.41) is 3.67. The number of fused-ring (bicyclic) bond motifs is 4. The molecule has 5 aliphatic heterocycles. The van der Waals surface area contributed by atoms with Crippen molar-refractivity contribution >= 4 is 39.6 Å². The number of hydrogen-bond acceptors (Lipinski definition) is 13. The summed E-state index contributed by atoms with van der Waals surface area (Å²) in [5.74, 6) is 1.29. The second-order valence-corrected chi connectivity index (χ2v) is 18.0. The largest absolute Gasteiger partial charge is 0.508 e. The summed E-state index contributed by atoms with van der Waals surface area (Å²) >= 11 is 0. The normalized spacial score (nSPS) is 41.8. The van der Waals surface area contributed by atoms with Crippen LogP contribution in [0.3, 0.4) is 0 Å². The molecule has 4 saturated heterocycles. The molecule has 1 N–H and O–H groups in total. The Bertz CT molecular complexity index is 1370. The molecular formula is C35H49NO11S2. The van der Waals surface area contributed by atoms with Gasteiger partial charge in [0.25, 0.3) is 0 Å². The maximum absolute atomic E-state index is 13.2. The van der Waals surface area contributed by atoms with E-state index < -0.39 is 29.1 Å². The SMILES string of the molecule is CC(C)[C@]12O[C@H]1[C@@H]1O[C@]13[C@]1(O[C@H]1C[C@H]1C4=C(CC[C@@]13C)C(=O)OC4)[C@@H]2OC(=O)OCCOCCOCCNC(=O)CCCCC1CCSS1. The van der Waals surface area contributed by atoms with Crippen LogP contribution in [0.1, 0.15) is 72.1 Å². The van der Waals surface area contributed by atoms with Crippen molar-refractivity contribution in [1.82, 2.24) is 5.32 Å². The molecule has 3 aliphatic carbocycles. The maximum atomic E-state index is 13.2. The molecule has 0 aromatic carbocycles. The predicted octanol–water partition coefficient (Wildman–Crippen LogP) is 4.13. The number of epoxide rings is 3. The molecule has 14 heteroatoms. The number of amides is 1. The molecule has 12 nitrogen and oxygen atoms in total. The van der Waals surface area contributed by atoms with Crippen LogP contribution >= 0.6 is 21.6 Å². The first-order valence-corrected chi connectivity index (χ1v) is 20.5. The highest BCUT2D eigenvalue weighted by Crippen LogP contribution is 2.83. The van der Waals surface area contributed by atoms with Gasteiger partial charge in [0.1, 0.15) is 36.6 Å². The van der Waals surface area contributed by atoms with Gasteiger partial charge in [-0.2, -0.15) is 0 Å². The Morgan fingerprint density at radius 2 is 1.86 bits per heavy atom. The summed E-state index contributed by atoms with van der Waals surface area (Å²) in [5.41, 5.74) is -0.585. The fourth-order valence-corrected chi connectivity index (χ4v) is 13.1. The van der Waals surface area contributed by atoms with Gasteiger partial charge in [0, 0.05) is 35.0 Å². The van der Waals surface area contributed by atoms with E-state index in [-0.39, 0.29) is 60.7 Å². The molecule has 0 aromatic rings. The number of hydrogen-bond donors (Lipinski definition) is 1. The van der Waals surface area contributed by atoms with E-state index in [9.17, 15) is 14.4 Å². The third kappa shape index (κ3) is 5.48. The lowest BCUT2D eigenvalue weighted by Crippen LogP contribution is -2.70. The van der Waals surface area contributed by atoms with Gasteiger partial charge in [0.15, 0.2) is 11.7 Å². The molecule has 8 rings (SSSR count). The van der Waals surface area contributed by atoms with Crippen LogP contribution < -0.4 is 5.32 Å². The minimum absolute atomic E-state index is 0.0329. The first-order valence-electron chi connectivity index (χ1n) is 18.2. The molecule has 2 saturated carbocycles. The van der Waals surface area contributed by atoms with Gasteiger partial charge in [-0.15, -0.1) is 0 Å². The summed E-state index contributed by atoms with van der Waals surface area (Å²) in [6.45, 7) is 8.58. The molecular weight excluding hydrogens is 675 g/mol. The number of carbonyl (C=O) groups is 3. The minimum atomic E-state index is -0.818. The number of unbranched alkanes of at least 4 members (excludes halogenated alkanes) is 1. The third-order valence-electron chi connectivity index (χ3n) is 12.6. The van der Waals surface area contributed by atoms with Crippen LogP contribution in [-0.2, 0) is 47.5 Å². The summed E-state index contributed by atoms with van der Waals surface area (Å²) in [7, 11) is 3.94. The summed E-state index contributed by atoms with van der Waals surface area (Å²) in [6.07, 6.45) is 5.22. The van der Waals surface area contributed by atoms with Crippen molar-refractivity contribution in [3.63, 3.8) is 0 Å². The van der Waals surface area contributed by atoms with Crippen LogP contribution in [0.5, 0.6) is 0 Å². The maximum Gasteiger partial charge on any atom is 0.508 e. The van der Waals surface area contributed by atoms with Gasteiger partial charge in [0.05, 0.1) is 32.5 Å². The van der Waals surface area contributed by atoms with E-state index in [1.165, 1.54) is 18.6 Å². The minimum Gasteiger partial charge on any atom is -0.458 e. The van der Waals surface area contributed by atoms with E-state index in [1.807, 2.05) is 21.6 Å². The fraction of sp³-hybridized carbons (Fsp3) is 0.857. The van der Waals surface area contributed by atoms with E-state index in [1.54, 1.807) is 0 Å². The Morgan fingerprint density at radius 3 is 2.65 bits per heavy atom. The van der Waals surface area contributed by atoms with Gasteiger partial charge >= 0.3 is 12.1 Å². The van der Waals surface area contributed by atoms with Crippen molar-refractivity contribution in [2.45, 2.75) is 119 Å². The second kappa shape index (κ2) is 13.1. The van der Waals surface area contributed by atoms with Gasteiger partial charge in [0.2, 0.25) is 5.91 Å². The molecule has 10 atom stereocenters. The van der Waals surface area contributed by atoms with Crippen LogP contribution in [0.15, 0.2) is 11.1 Å². The summed E-state index contributed by atoms with van der Waals surface area (Å²) < 4.78 is 48.1. The number of ether oxygens (including phenoxy) is 8. The Hall–Kier alpha value is -1.55. The lowest BCUT2D eigenvalue weighted by Gasteiger charge is -2.53. The van der Waals surface area contributed by atoms with Gasteiger partial charge in [-0.1, -0.05) is 48.8 Å². The van der Waals surface area contributed by atoms with Crippen LogP contribution in [0.2, 0.25) is 0 Å². The molecule has 0 bridgehead atoms. The third-order valence-corrected chi connectivity index (χ3v) is 15.6. The molecule has 8 aliphatic rings. The van der Waals surface area contributed by atoms with E-state index in [0.29, 0.717) is 45.8 Å². The number of esters is 1. The Morgan fingerprint density at radius 1 is 1.04 bits per heavy atom. The van der Waals surface area contributed by atoms with E-state index >= 15 is 0 Å². The predicted molar refractivity (Wildman–Crippen MR) is 179 cm³/mol. The number of rotatable bonds is 16. The zero-order chi connectivity index (χ0) is 34.0. The number of carbonyl (C=O) groups excluding carboxylic acids is 3. The molecule has 0 radical (unpaired) electrons. The standard InChI is InChI=1S/C35H49NO11S2/c1-20(2)33-27(46-33)28-35(47-28)32(3)10-8-22-23(19-43-29(22)38)24(32)18-25-34(35,45-25)30(33)44-31(39)42-16-15-41-14-13-40-12-11-36-26(37)7-5-4-6-21-9-17-48-49-21/h20-21,24-25,27-28,30H,4-19H2,1-3H3,(H,36,37)/t21?,24-,25-,27-,28-,30+,32-,33-,34+,35+/m0/s1. The quantitative estimate of drug-likeness (QED) is 0.106. The molecule has 5 heterocycles. The Balaban J connectivity index is 0.768. The molecule has 6 fully saturated rings. The van der Waals surface area contributed by atoms with Crippen LogP contribution in [0.4, 0.5) is 4.79 Å². The van der Waals surface area contributed by atoms with Gasteiger partial charge < -0.3 is 43.2 Å². The van der Waals surface area contributed by atoms with Gasteiger partial charge in [-0.05, 0) is 55.9 Å². The Kier molecular flexibility index (Phi) is 9.26. The van der Waals surface area contributed by atoms with E-state index in [4.69, 9.17) is 37.9 Å². The van der Waals surface area contributed by atoms with Crippen molar-refractivity contribution in [3.8, 4) is 0 Å². The lowest BCUT2D eigenvalue weighted by atomic mass is 9.46. The molecule has 49 heavy (non-hydrogen) atoms. The smallest absolute Gasteiger partial charge is 0.458 e. The van der Waals surface area contributed by atoms with Crippen LogP contribution in [0.25, 0.3) is 0 Å². The first kappa shape index (κ1) is 34.5. The highest BCUT2D eigenvalue weighted by atomic mass is 33.1. The van der Waals surface area contributed by atoms with Crippen molar-refractivity contribution < 1.29 is 52.3 Å². The van der Waals surface area contributed by atoms with Crippen molar-refractivity contribution in [2.24, 2.45) is 17.3 Å². The zero-order valence-corrected chi connectivity index (χ0v) is 30.3. The number of nitrogens with one attached hydrogen (secondary N) is 1. The van der Waals surface area contributed by atoms with Gasteiger partial charge in [-0.3, -0.25) is 4.79 Å². The van der Waals surface area contributed by atoms with Crippen LogP contribution in [-0.4, -0.2) is 116 Å². The monoisotopic (exact) mass is 723 g/mol. The molecule has 2 spiro atoms. The summed E-state index contributed by atoms with van der Waals surface area (Å²) in [6, 6.07) is 0. The molecule has 272 valence electrons. The molecule has 1 amide bonds. The summed E-state index contributed by atoms with van der Waals surface area (Å²) in [4.78, 5) is 37.6.